The molecule has 1 heterocycles. The molecule has 0 amide bonds. The van der Waals surface area contributed by atoms with Crippen molar-refractivity contribution in [2.75, 3.05) is 6.61 Å². The van der Waals surface area contributed by atoms with E-state index in [4.69, 9.17) is 24.4 Å². The first-order valence-corrected chi connectivity index (χ1v) is 17.8. The molecule has 0 saturated heterocycles. The molecule has 1 aromatic heterocycles. The highest BCUT2D eigenvalue weighted by Gasteiger charge is 2.17. The summed E-state index contributed by atoms with van der Waals surface area (Å²) in [5.74, 6) is 1.97. The van der Waals surface area contributed by atoms with Gasteiger partial charge in [-0.25, -0.2) is 15.0 Å². The average molecular weight is 664 g/mol. The molecule has 0 saturated carbocycles. The van der Waals surface area contributed by atoms with E-state index in [0.29, 0.717) is 41.8 Å². The summed E-state index contributed by atoms with van der Waals surface area (Å²) in [6.07, 6.45) is 7.55. The van der Waals surface area contributed by atoms with Gasteiger partial charge in [-0.2, -0.15) is 0 Å². The molecule has 1 N–H and O–H groups in total. The highest BCUT2D eigenvalue weighted by molar-refractivity contribution is 5.73. The van der Waals surface area contributed by atoms with Gasteiger partial charge >= 0.3 is 0 Å². The maximum absolute atomic E-state index is 11.3. The summed E-state index contributed by atoms with van der Waals surface area (Å²) in [6, 6.07) is 42.2. The lowest BCUT2D eigenvalue weighted by molar-refractivity contribution is -0.0826. The second-order valence-corrected chi connectivity index (χ2v) is 12.5. The predicted molar refractivity (Wildman–Crippen MR) is 203 cm³/mol. The molecule has 0 radical (unpaired) electrons. The van der Waals surface area contributed by atoms with Crippen LogP contribution in [0.15, 0.2) is 127 Å². The number of phenols is 1. The zero-order chi connectivity index (χ0) is 34.5. The lowest BCUT2D eigenvalue weighted by Gasteiger charge is -2.19. The van der Waals surface area contributed by atoms with Crippen molar-refractivity contribution < 1.29 is 14.6 Å². The zero-order valence-corrected chi connectivity index (χ0v) is 29.0. The van der Waals surface area contributed by atoms with Crippen molar-refractivity contribution in [1.29, 1.82) is 0 Å². The largest absolute Gasteiger partial charge is 0.507 e. The molecule has 254 valence electrons. The minimum Gasteiger partial charge on any atom is -0.507 e. The van der Waals surface area contributed by atoms with E-state index in [-0.39, 0.29) is 12.0 Å². The second-order valence-electron chi connectivity index (χ2n) is 12.5. The number of unbranched alkanes of at least 4 members (excludes halogenated alkanes) is 5. The summed E-state index contributed by atoms with van der Waals surface area (Å²) in [5.41, 5.74) is 6.68. The van der Waals surface area contributed by atoms with Gasteiger partial charge in [0.15, 0.2) is 23.8 Å². The number of ether oxygens (including phenoxy) is 2. The number of hydrogen-bond donors (Lipinski definition) is 1. The topological polar surface area (TPSA) is 77.4 Å². The first-order valence-electron chi connectivity index (χ1n) is 17.8. The van der Waals surface area contributed by atoms with Crippen LogP contribution in [-0.2, 0) is 4.74 Å². The summed E-state index contributed by atoms with van der Waals surface area (Å²) in [4.78, 5) is 14.6. The van der Waals surface area contributed by atoms with Gasteiger partial charge in [0, 0.05) is 23.6 Å². The van der Waals surface area contributed by atoms with Crippen LogP contribution in [0.4, 0.5) is 0 Å². The van der Waals surface area contributed by atoms with Crippen molar-refractivity contribution in [2.45, 2.75) is 65.1 Å². The van der Waals surface area contributed by atoms with Crippen LogP contribution in [0.3, 0.4) is 0 Å². The number of rotatable bonds is 16. The third-order valence-corrected chi connectivity index (χ3v) is 8.75. The molecule has 5 aromatic carbocycles. The van der Waals surface area contributed by atoms with Crippen LogP contribution in [0.5, 0.6) is 11.5 Å². The van der Waals surface area contributed by atoms with Gasteiger partial charge in [-0.3, -0.25) is 0 Å². The first kappa shape index (κ1) is 34.5. The summed E-state index contributed by atoms with van der Waals surface area (Å²) >= 11 is 0. The van der Waals surface area contributed by atoms with E-state index in [1.54, 1.807) is 12.1 Å². The van der Waals surface area contributed by atoms with E-state index in [9.17, 15) is 5.11 Å². The summed E-state index contributed by atoms with van der Waals surface area (Å²) in [6.45, 7) is 4.92. The van der Waals surface area contributed by atoms with E-state index in [2.05, 4.69) is 55.5 Å². The van der Waals surface area contributed by atoms with Gasteiger partial charge < -0.3 is 14.6 Å². The van der Waals surface area contributed by atoms with Gasteiger partial charge in [-0.05, 0) is 40.8 Å². The molecule has 6 aromatic rings. The van der Waals surface area contributed by atoms with Gasteiger partial charge in [0.2, 0.25) is 0 Å². The molecule has 0 aliphatic heterocycles. The minimum atomic E-state index is -0.385. The summed E-state index contributed by atoms with van der Waals surface area (Å²) < 4.78 is 12.1. The van der Waals surface area contributed by atoms with Gasteiger partial charge in [-0.15, -0.1) is 0 Å². The Bertz CT molecular complexity index is 1830. The summed E-state index contributed by atoms with van der Waals surface area (Å²) in [7, 11) is 0. The van der Waals surface area contributed by atoms with Gasteiger partial charge in [0.25, 0.3) is 0 Å². The van der Waals surface area contributed by atoms with Crippen LogP contribution in [0.1, 0.15) is 58.8 Å². The van der Waals surface area contributed by atoms with Crippen LogP contribution in [0.25, 0.3) is 56.4 Å². The van der Waals surface area contributed by atoms with E-state index in [1.807, 2.05) is 73.7 Å². The van der Waals surface area contributed by atoms with Crippen molar-refractivity contribution in [3.8, 4) is 67.9 Å². The standard InChI is InChI=1S/C44H45N3O3/c1-3-5-6-7-8-15-30-49-41(4-2)50-38-28-29-39(40(48)31-38)44-46-42(36-24-20-34(21-25-36)32-16-11-9-12-17-32)45-43(47-44)37-26-22-35(23-27-37)33-18-13-10-14-19-33/h9-14,16-29,31,41,48H,3-8,15,30H2,1-2H3. The molecule has 0 fully saturated rings. The quantitative estimate of drug-likeness (QED) is 0.0820. The van der Waals surface area contributed by atoms with Crippen molar-refractivity contribution in [1.82, 2.24) is 15.0 Å². The maximum Gasteiger partial charge on any atom is 0.199 e. The van der Waals surface area contributed by atoms with Gasteiger partial charge in [-0.1, -0.05) is 155 Å². The van der Waals surface area contributed by atoms with Crippen LogP contribution in [-0.4, -0.2) is 33.0 Å². The van der Waals surface area contributed by atoms with Crippen molar-refractivity contribution in [3.05, 3.63) is 127 Å². The Morgan fingerprint density at radius 1 is 0.520 bits per heavy atom. The Kier molecular flexibility index (Phi) is 12.0. The average Bonchev–Trinajstić information content (AvgIpc) is 3.18. The first-order chi connectivity index (χ1) is 24.6. The Labute approximate surface area is 295 Å². The lowest BCUT2D eigenvalue weighted by Crippen LogP contribution is -2.20. The van der Waals surface area contributed by atoms with E-state index >= 15 is 0 Å². The number of aromatic hydroxyl groups is 1. The second kappa shape index (κ2) is 17.4. The third kappa shape index (κ3) is 9.01. The number of benzene rings is 5. The molecular formula is C44H45N3O3. The van der Waals surface area contributed by atoms with Gasteiger partial charge in [0.1, 0.15) is 11.5 Å². The normalized spacial score (nSPS) is 11.7. The molecule has 6 nitrogen and oxygen atoms in total. The Balaban J connectivity index is 1.26. The molecule has 0 aliphatic carbocycles. The van der Waals surface area contributed by atoms with Crippen LogP contribution < -0.4 is 4.74 Å². The van der Waals surface area contributed by atoms with E-state index in [0.717, 1.165) is 46.2 Å². The highest BCUT2D eigenvalue weighted by atomic mass is 16.7. The molecule has 50 heavy (non-hydrogen) atoms. The summed E-state index contributed by atoms with van der Waals surface area (Å²) in [5, 5.41) is 11.3. The van der Waals surface area contributed by atoms with Crippen molar-refractivity contribution in [2.24, 2.45) is 0 Å². The number of hydrogen-bond acceptors (Lipinski definition) is 6. The van der Waals surface area contributed by atoms with Crippen molar-refractivity contribution >= 4 is 0 Å². The number of nitrogens with zero attached hydrogens (tertiary/aromatic N) is 3. The minimum absolute atomic E-state index is 0.0234. The number of phenolic OH excluding ortho intramolecular Hbond substituents is 1. The molecule has 6 heteroatoms. The smallest absolute Gasteiger partial charge is 0.199 e. The van der Waals surface area contributed by atoms with Crippen LogP contribution in [0.2, 0.25) is 0 Å². The fourth-order valence-electron chi connectivity index (χ4n) is 5.90. The van der Waals surface area contributed by atoms with Crippen LogP contribution in [0, 0.1) is 0 Å². The fourth-order valence-corrected chi connectivity index (χ4v) is 5.90. The van der Waals surface area contributed by atoms with Crippen LogP contribution >= 0.6 is 0 Å². The fraction of sp³-hybridized carbons (Fsp3) is 0.250. The maximum atomic E-state index is 11.3. The number of aromatic nitrogens is 3. The third-order valence-electron chi connectivity index (χ3n) is 8.75. The Morgan fingerprint density at radius 3 is 1.52 bits per heavy atom. The molecule has 6 rings (SSSR count). The molecule has 0 spiro atoms. The van der Waals surface area contributed by atoms with Crippen molar-refractivity contribution in [3.63, 3.8) is 0 Å². The molecule has 1 atom stereocenters. The molecule has 0 aliphatic rings. The van der Waals surface area contributed by atoms with E-state index < -0.39 is 0 Å². The lowest BCUT2D eigenvalue weighted by atomic mass is 10.0. The molecule has 1 unspecified atom stereocenters. The SMILES string of the molecule is CCCCCCCCOC(CC)Oc1ccc(-c2nc(-c3ccc(-c4ccccc4)cc3)nc(-c3ccc(-c4ccccc4)cc3)n2)c(O)c1. The monoisotopic (exact) mass is 663 g/mol. The Morgan fingerprint density at radius 2 is 1.00 bits per heavy atom. The predicted octanol–water partition coefficient (Wildman–Crippen LogP) is 11.4. The highest BCUT2D eigenvalue weighted by Crippen LogP contribution is 2.34. The molecule has 0 bridgehead atoms. The Hall–Kier alpha value is -5.33. The zero-order valence-electron chi connectivity index (χ0n) is 29.0. The molecular weight excluding hydrogens is 619 g/mol. The van der Waals surface area contributed by atoms with E-state index in [1.165, 1.54) is 25.7 Å². The van der Waals surface area contributed by atoms with Gasteiger partial charge in [0.05, 0.1) is 12.2 Å².